The minimum atomic E-state index is -0.191. The summed E-state index contributed by atoms with van der Waals surface area (Å²) in [4.78, 5) is 0. The van der Waals surface area contributed by atoms with Crippen LogP contribution >= 0.6 is 15.9 Å². The standard InChI is InChI=1S/C16H21BrFN3/c1-5-19-14(13-7-6-12(18)8-10(13)2)9-15-16(17)11(3)20-21(15)4/h6-8,14,19H,5,9H2,1-4H3. The third-order valence-corrected chi connectivity index (χ3v) is 4.75. The second-order valence-electron chi connectivity index (χ2n) is 5.28. The van der Waals surface area contributed by atoms with E-state index in [1.807, 2.05) is 31.6 Å². The third-order valence-electron chi connectivity index (χ3n) is 3.72. The fourth-order valence-corrected chi connectivity index (χ4v) is 3.16. The molecule has 1 unspecified atom stereocenters. The Bertz CT molecular complexity index is 637. The van der Waals surface area contributed by atoms with Crippen molar-refractivity contribution in [2.24, 2.45) is 7.05 Å². The normalized spacial score (nSPS) is 12.7. The number of nitrogens with zero attached hydrogens (tertiary/aromatic N) is 2. The first-order valence-electron chi connectivity index (χ1n) is 7.11. The van der Waals surface area contributed by atoms with Crippen molar-refractivity contribution in [3.05, 3.63) is 51.0 Å². The van der Waals surface area contributed by atoms with E-state index in [-0.39, 0.29) is 11.9 Å². The molecule has 0 spiro atoms. The van der Waals surface area contributed by atoms with Crippen molar-refractivity contribution in [1.29, 1.82) is 0 Å². The lowest BCUT2D eigenvalue weighted by molar-refractivity contribution is 0.524. The molecule has 0 fully saturated rings. The van der Waals surface area contributed by atoms with Crippen LogP contribution in [0.3, 0.4) is 0 Å². The highest BCUT2D eigenvalue weighted by Crippen LogP contribution is 2.27. The molecule has 1 N–H and O–H groups in total. The van der Waals surface area contributed by atoms with Crippen LogP contribution in [0.25, 0.3) is 0 Å². The SMILES string of the molecule is CCNC(Cc1c(Br)c(C)nn1C)c1ccc(F)cc1C. The molecule has 0 saturated heterocycles. The van der Waals surface area contributed by atoms with Gasteiger partial charge in [-0.3, -0.25) is 4.68 Å². The van der Waals surface area contributed by atoms with Crippen molar-refractivity contribution >= 4 is 15.9 Å². The van der Waals surface area contributed by atoms with E-state index in [1.54, 1.807) is 6.07 Å². The van der Waals surface area contributed by atoms with Crippen molar-refractivity contribution in [3.63, 3.8) is 0 Å². The van der Waals surface area contributed by atoms with Gasteiger partial charge in [0.15, 0.2) is 0 Å². The Morgan fingerprint density at radius 3 is 2.62 bits per heavy atom. The molecule has 0 radical (unpaired) electrons. The predicted molar refractivity (Wildman–Crippen MR) is 86.9 cm³/mol. The van der Waals surface area contributed by atoms with Gasteiger partial charge >= 0.3 is 0 Å². The molecule has 1 aromatic heterocycles. The number of hydrogen-bond acceptors (Lipinski definition) is 2. The molecule has 0 amide bonds. The minimum absolute atomic E-state index is 0.140. The second kappa shape index (κ2) is 6.71. The van der Waals surface area contributed by atoms with E-state index in [1.165, 1.54) is 6.07 Å². The van der Waals surface area contributed by atoms with E-state index in [0.717, 1.165) is 40.0 Å². The molecular weight excluding hydrogens is 333 g/mol. The lowest BCUT2D eigenvalue weighted by atomic mass is 9.97. The molecule has 1 heterocycles. The third kappa shape index (κ3) is 3.52. The van der Waals surface area contributed by atoms with E-state index in [4.69, 9.17) is 0 Å². The molecule has 2 rings (SSSR count). The number of rotatable bonds is 5. The highest BCUT2D eigenvalue weighted by molar-refractivity contribution is 9.10. The van der Waals surface area contributed by atoms with E-state index in [9.17, 15) is 4.39 Å². The lowest BCUT2D eigenvalue weighted by Crippen LogP contribution is -2.24. The second-order valence-corrected chi connectivity index (χ2v) is 6.08. The van der Waals surface area contributed by atoms with Crippen molar-refractivity contribution in [3.8, 4) is 0 Å². The van der Waals surface area contributed by atoms with Gasteiger partial charge in [0.2, 0.25) is 0 Å². The largest absolute Gasteiger partial charge is 0.310 e. The van der Waals surface area contributed by atoms with Gasteiger partial charge in [-0.1, -0.05) is 13.0 Å². The summed E-state index contributed by atoms with van der Waals surface area (Å²) in [5.74, 6) is -0.191. The van der Waals surface area contributed by atoms with Gasteiger partial charge in [0.1, 0.15) is 5.82 Å². The van der Waals surface area contributed by atoms with Gasteiger partial charge in [-0.2, -0.15) is 5.10 Å². The first kappa shape index (κ1) is 16.2. The van der Waals surface area contributed by atoms with Crippen molar-refractivity contribution < 1.29 is 4.39 Å². The molecule has 0 aliphatic rings. The molecule has 21 heavy (non-hydrogen) atoms. The lowest BCUT2D eigenvalue weighted by Gasteiger charge is -2.21. The van der Waals surface area contributed by atoms with Gasteiger partial charge in [-0.25, -0.2) is 4.39 Å². The van der Waals surface area contributed by atoms with Crippen LogP contribution in [0, 0.1) is 19.7 Å². The molecule has 0 aliphatic carbocycles. The van der Waals surface area contributed by atoms with Crippen molar-refractivity contribution in [2.75, 3.05) is 6.54 Å². The maximum Gasteiger partial charge on any atom is 0.123 e. The molecule has 1 aromatic carbocycles. The quantitative estimate of drug-likeness (QED) is 0.884. The summed E-state index contributed by atoms with van der Waals surface area (Å²) in [6.07, 6.45) is 0.804. The highest BCUT2D eigenvalue weighted by Gasteiger charge is 2.19. The zero-order valence-corrected chi connectivity index (χ0v) is 14.5. The van der Waals surface area contributed by atoms with Crippen LogP contribution in [0.1, 0.15) is 35.5 Å². The van der Waals surface area contributed by atoms with Gasteiger partial charge < -0.3 is 5.32 Å². The predicted octanol–water partition coefficient (Wildman–Crippen LogP) is 3.83. The van der Waals surface area contributed by atoms with Crippen LogP contribution in [0.2, 0.25) is 0 Å². The van der Waals surface area contributed by atoms with E-state index in [2.05, 4.69) is 33.3 Å². The molecule has 5 heteroatoms. The smallest absolute Gasteiger partial charge is 0.123 e. The van der Waals surface area contributed by atoms with Gasteiger partial charge in [0.05, 0.1) is 15.9 Å². The Labute approximate surface area is 133 Å². The number of halogens is 2. The molecule has 3 nitrogen and oxygen atoms in total. The Morgan fingerprint density at radius 1 is 1.38 bits per heavy atom. The van der Waals surface area contributed by atoms with Crippen LogP contribution in [-0.4, -0.2) is 16.3 Å². The Balaban J connectivity index is 2.35. The molecule has 0 saturated carbocycles. The summed E-state index contributed by atoms with van der Waals surface area (Å²) in [5, 5.41) is 7.92. The maximum atomic E-state index is 13.3. The fraction of sp³-hybridized carbons (Fsp3) is 0.438. The van der Waals surface area contributed by atoms with Crippen LogP contribution in [-0.2, 0) is 13.5 Å². The zero-order chi connectivity index (χ0) is 15.6. The monoisotopic (exact) mass is 353 g/mol. The highest BCUT2D eigenvalue weighted by atomic mass is 79.9. The van der Waals surface area contributed by atoms with Crippen molar-refractivity contribution in [2.45, 2.75) is 33.2 Å². The van der Waals surface area contributed by atoms with Gasteiger partial charge in [-0.15, -0.1) is 0 Å². The zero-order valence-electron chi connectivity index (χ0n) is 12.9. The van der Waals surface area contributed by atoms with Crippen LogP contribution in [0.15, 0.2) is 22.7 Å². The summed E-state index contributed by atoms with van der Waals surface area (Å²) >= 11 is 3.61. The number of likely N-dealkylation sites (N-methyl/N-ethyl adjacent to an activating group) is 1. The van der Waals surface area contributed by atoms with Crippen molar-refractivity contribution in [1.82, 2.24) is 15.1 Å². The molecule has 1 atom stereocenters. The number of hydrogen-bond donors (Lipinski definition) is 1. The number of nitrogens with one attached hydrogen (secondary N) is 1. The maximum absolute atomic E-state index is 13.3. The summed E-state index contributed by atoms with van der Waals surface area (Å²) in [7, 11) is 1.95. The molecule has 0 aliphatic heterocycles. The van der Waals surface area contributed by atoms with Crippen LogP contribution in [0.4, 0.5) is 4.39 Å². The number of aryl methyl sites for hydroxylation is 3. The van der Waals surface area contributed by atoms with E-state index in [0.29, 0.717) is 0 Å². The average Bonchev–Trinajstić information content (AvgIpc) is 2.65. The van der Waals surface area contributed by atoms with E-state index < -0.39 is 0 Å². The Hall–Kier alpha value is -1.20. The van der Waals surface area contributed by atoms with Crippen LogP contribution < -0.4 is 5.32 Å². The van der Waals surface area contributed by atoms with E-state index >= 15 is 0 Å². The van der Waals surface area contributed by atoms with Gasteiger partial charge in [0.25, 0.3) is 0 Å². The number of aromatic nitrogens is 2. The van der Waals surface area contributed by atoms with Gasteiger partial charge in [0, 0.05) is 19.5 Å². The summed E-state index contributed by atoms with van der Waals surface area (Å²) in [5.41, 5.74) is 4.22. The minimum Gasteiger partial charge on any atom is -0.310 e. The fourth-order valence-electron chi connectivity index (χ4n) is 2.66. The summed E-state index contributed by atoms with van der Waals surface area (Å²) < 4.78 is 16.3. The number of benzene rings is 1. The Kier molecular flexibility index (Phi) is 5.17. The first-order valence-corrected chi connectivity index (χ1v) is 7.90. The van der Waals surface area contributed by atoms with Crippen LogP contribution in [0.5, 0.6) is 0 Å². The van der Waals surface area contributed by atoms with Gasteiger partial charge in [-0.05, 0) is 59.6 Å². The molecule has 114 valence electrons. The Morgan fingerprint density at radius 2 is 2.10 bits per heavy atom. The summed E-state index contributed by atoms with van der Waals surface area (Å²) in [6, 6.07) is 5.12. The first-order chi connectivity index (χ1) is 9.93. The topological polar surface area (TPSA) is 29.9 Å². The molecular formula is C16H21BrFN3. The average molecular weight is 354 g/mol. The molecule has 0 bridgehead atoms. The molecule has 2 aromatic rings. The summed E-state index contributed by atoms with van der Waals surface area (Å²) in [6.45, 7) is 6.87.